The van der Waals surface area contributed by atoms with E-state index in [4.69, 9.17) is 4.74 Å². The van der Waals surface area contributed by atoms with E-state index < -0.39 is 5.91 Å². The van der Waals surface area contributed by atoms with Crippen molar-refractivity contribution >= 4 is 22.5 Å². The third-order valence-electron chi connectivity index (χ3n) is 4.24. The summed E-state index contributed by atoms with van der Waals surface area (Å²) in [7, 11) is 0. The van der Waals surface area contributed by atoms with Crippen LogP contribution >= 0.6 is 0 Å². The zero-order chi connectivity index (χ0) is 16.7. The Morgan fingerprint density at radius 1 is 1.50 bits per heavy atom. The van der Waals surface area contributed by atoms with Crippen LogP contribution in [0.25, 0.3) is 16.6 Å². The van der Waals surface area contributed by atoms with Crippen LogP contribution in [0.1, 0.15) is 28.9 Å². The van der Waals surface area contributed by atoms with Crippen molar-refractivity contribution in [3.05, 3.63) is 39.8 Å². The quantitative estimate of drug-likeness (QED) is 0.740. The molecule has 3 heterocycles. The third-order valence-corrected chi connectivity index (χ3v) is 4.24. The normalized spacial score (nSPS) is 17.6. The van der Waals surface area contributed by atoms with Crippen molar-refractivity contribution in [3.63, 3.8) is 0 Å². The van der Waals surface area contributed by atoms with Crippen LogP contribution in [0.4, 0.5) is 0 Å². The molecule has 2 aromatic heterocycles. The molecular weight excluding hydrogens is 310 g/mol. The molecule has 1 saturated heterocycles. The van der Waals surface area contributed by atoms with E-state index in [0.717, 1.165) is 25.0 Å². The molecule has 1 aromatic carbocycles. The van der Waals surface area contributed by atoms with Crippen LogP contribution in [0, 0.1) is 6.92 Å². The number of H-pyrrole nitrogens is 1. The van der Waals surface area contributed by atoms with E-state index in [9.17, 15) is 9.59 Å². The molecule has 1 aliphatic heterocycles. The van der Waals surface area contributed by atoms with Crippen molar-refractivity contribution in [1.82, 2.24) is 25.1 Å². The highest BCUT2D eigenvalue weighted by Crippen LogP contribution is 2.15. The van der Waals surface area contributed by atoms with Crippen LogP contribution in [0.15, 0.2) is 23.0 Å². The number of rotatable bonds is 3. The van der Waals surface area contributed by atoms with Crippen LogP contribution < -0.4 is 10.9 Å². The SMILES string of the molecule is Cc1ccc2c(c1)[nH]c(=O)c1c(C(=O)NC[C@@H]3CCCO3)nnn12. The highest BCUT2D eigenvalue weighted by atomic mass is 16.5. The summed E-state index contributed by atoms with van der Waals surface area (Å²) in [6.45, 7) is 3.07. The first-order valence-electron chi connectivity index (χ1n) is 7.91. The topological polar surface area (TPSA) is 101 Å². The van der Waals surface area contributed by atoms with Crippen molar-refractivity contribution in [2.24, 2.45) is 0 Å². The number of carbonyl (C=O) groups excluding carboxylic acids is 1. The zero-order valence-electron chi connectivity index (χ0n) is 13.2. The van der Waals surface area contributed by atoms with Gasteiger partial charge in [0.25, 0.3) is 11.5 Å². The standard InChI is InChI=1S/C16H17N5O3/c1-9-4-5-12-11(7-9)18-16(23)14-13(19-20-21(12)14)15(22)17-8-10-3-2-6-24-10/h4-5,7,10H,2-3,6,8H2,1H3,(H,17,22)(H,18,23)/t10-/m0/s1. The molecule has 0 saturated carbocycles. The second kappa shape index (κ2) is 5.72. The number of carbonyl (C=O) groups is 1. The van der Waals surface area contributed by atoms with Crippen LogP contribution in [0.2, 0.25) is 0 Å². The number of aryl methyl sites for hydroxylation is 1. The highest BCUT2D eigenvalue weighted by Gasteiger charge is 2.22. The predicted molar refractivity (Wildman–Crippen MR) is 87.2 cm³/mol. The first-order chi connectivity index (χ1) is 11.6. The molecule has 3 aromatic rings. The van der Waals surface area contributed by atoms with Gasteiger partial charge in [-0.2, -0.15) is 0 Å². The fourth-order valence-electron chi connectivity index (χ4n) is 3.02. The zero-order valence-corrected chi connectivity index (χ0v) is 13.2. The highest BCUT2D eigenvalue weighted by molar-refractivity contribution is 5.99. The molecule has 1 atom stereocenters. The smallest absolute Gasteiger partial charge is 0.277 e. The number of hydrogen-bond donors (Lipinski definition) is 2. The fourth-order valence-corrected chi connectivity index (χ4v) is 3.02. The van der Waals surface area contributed by atoms with Crippen molar-refractivity contribution in [1.29, 1.82) is 0 Å². The molecule has 0 radical (unpaired) electrons. The van der Waals surface area contributed by atoms with Gasteiger partial charge in [0.05, 0.1) is 17.1 Å². The molecule has 1 fully saturated rings. The number of amides is 1. The summed E-state index contributed by atoms with van der Waals surface area (Å²) in [5.41, 5.74) is 2.16. The van der Waals surface area contributed by atoms with Crippen LogP contribution in [-0.4, -0.2) is 45.0 Å². The van der Waals surface area contributed by atoms with E-state index in [2.05, 4.69) is 20.6 Å². The van der Waals surface area contributed by atoms with Crippen LogP contribution in [0.3, 0.4) is 0 Å². The van der Waals surface area contributed by atoms with Gasteiger partial charge in [0, 0.05) is 13.2 Å². The summed E-state index contributed by atoms with van der Waals surface area (Å²) in [6.07, 6.45) is 1.95. The monoisotopic (exact) mass is 327 g/mol. The number of fused-ring (bicyclic) bond motifs is 3. The van der Waals surface area contributed by atoms with Gasteiger partial charge in [0.2, 0.25) is 0 Å². The largest absolute Gasteiger partial charge is 0.376 e. The van der Waals surface area contributed by atoms with Gasteiger partial charge < -0.3 is 15.0 Å². The maximum absolute atomic E-state index is 12.4. The van der Waals surface area contributed by atoms with Crippen molar-refractivity contribution in [2.45, 2.75) is 25.9 Å². The molecule has 0 unspecified atom stereocenters. The van der Waals surface area contributed by atoms with Crippen molar-refractivity contribution < 1.29 is 9.53 Å². The van der Waals surface area contributed by atoms with Crippen LogP contribution in [0.5, 0.6) is 0 Å². The summed E-state index contributed by atoms with van der Waals surface area (Å²) in [5, 5.41) is 10.7. The van der Waals surface area contributed by atoms with Gasteiger partial charge in [-0.15, -0.1) is 5.10 Å². The third kappa shape index (κ3) is 2.44. The molecule has 4 rings (SSSR count). The number of nitrogens with one attached hydrogen (secondary N) is 2. The summed E-state index contributed by atoms with van der Waals surface area (Å²) < 4.78 is 6.89. The summed E-state index contributed by atoms with van der Waals surface area (Å²) in [6, 6.07) is 5.62. The Labute approximate surface area is 136 Å². The average Bonchev–Trinajstić information content (AvgIpc) is 3.22. The van der Waals surface area contributed by atoms with Crippen molar-refractivity contribution in [2.75, 3.05) is 13.2 Å². The van der Waals surface area contributed by atoms with E-state index in [1.54, 1.807) is 0 Å². The number of ether oxygens (including phenoxy) is 1. The van der Waals surface area contributed by atoms with Gasteiger partial charge in [-0.1, -0.05) is 11.3 Å². The Morgan fingerprint density at radius 2 is 2.38 bits per heavy atom. The lowest BCUT2D eigenvalue weighted by molar-refractivity contribution is 0.0855. The molecule has 124 valence electrons. The van der Waals surface area contributed by atoms with Gasteiger partial charge in [0.1, 0.15) is 0 Å². The van der Waals surface area contributed by atoms with E-state index >= 15 is 0 Å². The lowest BCUT2D eigenvalue weighted by Gasteiger charge is -2.09. The van der Waals surface area contributed by atoms with Gasteiger partial charge >= 0.3 is 0 Å². The molecular formula is C16H17N5O3. The number of hydrogen-bond acceptors (Lipinski definition) is 5. The molecule has 1 amide bonds. The molecule has 24 heavy (non-hydrogen) atoms. The second-order valence-corrected chi connectivity index (χ2v) is 6.02. The van der Waals surface area contributed by atoms with E-state index in [0.29, 0.717) is 17.6 Å². The molecule has 2 N–H and O–H groups in total. The number of aromatic nitrogens is 4. The van der Waals surface area contributed by atoms with Crippen molar-refractivity contribution in [3.8, 4) is 0 Å². The summed E-state index contributed by atoms with van der Waals surface area (Å²) in [4.78, 5) is 27.6. The maximum Gasteiger partial charge on any atom is 0.277 e. The number of benzene rings is 1. The molecule has 0 aliphatic carbocycles. The first kappa shape index (κ1) is 14.8. The Morgan fingerprint density at radius 3 is 3.17 bits per heavy atom. The van der Waals surface area contributed by atoms with E-state index in [-0.39, 0.29) is 22.9 Å². The maximum atomic E-state index is 12.4. The Kier molecular flexibility index (Phi) is 3.53. The van der Waals surface area contributed by atoms with Gasteiger partial charge in [-0.3, -0.25) is 9.59 Å². The molecule has 0 spiro atoms. The second-order valence-electron chi connectivity index (χ2n) is 6.02. The van der Waals surface area contributed by atoms with E-state index in [1.165, 1.54) is 4.52 Å². The number of aromatic amines is 1. The molecule has 0 bridgehead atoms. The van der Waals surface area contributed by atoms with Gasteiger partial charge in [-0.05, 0) is 37.5 Å². The average molecular weight is 327 g/mol. The molecule has 8 heteroatoms. The summed E-state index contributed by atoms with van der Waals surface area (Å²) in [5.74, 6) is -0.419. The van der Waals surface area contributed by atoms with E-state index in [1.807, 2.05) is 25.1 Å². The Hall–Kier alpha value is -2.74. The van der Waals surface area contributed by atoms with Gasteiger partial charge in [0.15, 0.2) is 11.2 Å². The minimum atomic E-state index is -0.419. The number of nitrogens with zero attached hydrogens (tertiary/aromatic N) is 3. The minimum Gasteiger partial charge on any atom is -0.376 e. The lowest BCUT2D eigenvalue weighted by Crippen LogP contribution is -2.32. The summed E-state index contributed by atoms with van der Waals surface area (Å²) >= 11 is 0. The minimum absolute atomic E-state index is 0.0247. The predicted octanol–water partition coefficient (Wildman–Crippen LogP) is 0.788. The fraction of sp³-hybridized carbons (Fsp3) is 0.375. The lowest BCUT2D eigenvalue weighted by atomic mass is 10.2. The first-order valence-corrected chi connectivity index (χ1v) is 7.91. The molecule has 1 aliphatic rings. The Balaban J connectivity index is 1.72. The van der Waals surface area contributed by atoms with Crippen LogP contribution in [-0.2, 0) is 4.74 Å². The molecule has 8 nitrogen and oxygen atoms in total. The van der Waals surface area contributed by atoms with Gasteiger partial charge in [-0.25, -0.2) is 4.52 Å². The Bertz CT molecular complexity index is 984.